The van der Waals surface area contributed by atoms with E-state index in [-0.39, 0.29) is 0 Å². The maximum absolute atomic E-state index is 6.16. The lowest BCUT2D eigenvalue weighted by Crippen LogP contribution is -2.18. The second-order valence-corrected chi connectivity index (χ2v) is 7.58. The van der Waals surface area contributed by atoms with E-state index >= 15 is 0 Å². The molecule has 0 saturated heterocycles. The highest BCUT2D eigenvalue weighted by Gasteiger charge is 2.28. The average molecular weight is 357 g/mol. The molecule has 1 aliphatic heterocycles. The third-order valence-electron chi connectivity index (χ3n) is 5.47. The summed E-state index contributed by atoms with van der Waals surface area (Å²) in [6, 6.07) is 10.9. The van der Waals surface area contributed by atoms with Crippen molar-refractivity contribution in [3.63, 3.8) is 0 Å². The van der Waals surface area contributed by atoms with E-state index < -0.39 is 0 Å². The molecule has 0 fully saturated rings. The van der Waals surface area contributed by atoms with E-state index in [2.05, 4.69) is 42.2 Å². The smallest absolute Gasteiger partial charge is 0.181 e. The van der Waals surface area contributed by atoms with Crippen LogP contribution in [0.5, 0.6) is 5.75 Å². The van der Waals surface area contributed by atoms with Gasteiger partial charge in [0.05, 0.1) is 5.69 Å². The predicted molar refractivity (Wildman–Crippen MR) is 107 cm³/mol. The third kappa shape index (κ3) is 2.76. The van der Waals surface area contributed by atoms with Crippen molar-refractivity contribution in [1.82, 2.24) is 9.97 Å². The van der Waals surface area contributed by atoms with Crippen molar-refractivity contribution >= 4 is 17.3 Å². The molecule has 4 nitrogen and oxygen atoms in total. The summed E-state index contributed by atoms with van der Waals surface area (Å²) in [5.74, 6) is 2.57. The molecule has 136 valence electrons. The fourth-order valence-corrected chi connectivity index (χ4v) is 4.19. The van der Waals surface area contributed by atoms with Crippen molar-refractivity contribution in [2.45, 2.75) is 46.1 Å². The van der Waals surface area contributed by atoms with Gasteiger partial charge >= 0.3 is 0 Å². The van der Waals surface area contributed by atoms with Gasteiger partial charge in [-0.25, -0.2) is 9.97 Å². The van der Waals surface area contributed by atoms with Gasteiger partial charge in [-0.2, -0.15) is 0 Å². The third-order valence-corrected chi connectivity index (χ3v) is 5.47. The summed E-state index contributed by atoms with van der Waals surface area (Å²) < 4.78 is 6.16. The monoisotopic (exact) mass is 357 g/mol. The largest absolute Gasteiger partial charge is 0.485 e. The molecule has 5 rings (SSSR count). The van der Waals surface area contributed by atoms with Crippen LogP contribution in [0.2, 0.25) is 0 Å². The fourth-order valence-electron chi connectivity index (χ4n) is 4.19. The standard InChI is InChI=1S/C23H23N3O/c1-15-10-18-14-27-21-11-16(2)13-25-23(21)26(22(18)24-12-15)20-9-5-7-17-6-3-4-8-19(17)20/h5,7,9-13H,3-4,6,8,14H2,1-2H3. The first-order chi connectivity index (χ1) is 13.2. The highest BCUT2D eigenvalue weighted by atomic mass is 16.5. The molecule has 4 heteroatoms. The molecule has 0 unspecified atom stereocenters. The summed E-state index contributed by atoms with van der Waals surface area (Å²) in [6.07, 6.45) is 8.59. The van der Waals surface area contributed by atoms with Crippen LogP contribution in [0.15, 0.2) is 42.7 Å². The Morgan fingerprint density at radius 2 is 1.67 bits per heavy atom. The van der Waals surface area contributed by atoms with E-state index in [0.29, 0.717) is 6.61 Å². The number of rotatable bonds is 1. The Bertz CT molecular complexity index is 975. The van der Waals surface area contributed by atoms with Crippen molar-refractivity contribution in [3.05, 3.63) is 70.5 Å². The number of hydrogen-bond donors (Lipinski definition) is 0. The molecule has 27 heavy (non-hydrogen) atoms. The maximum Gasteiger partial charge on any atom is 0.181 e. The van der Waals surface area contributed by atoms with Gasteiger partial charge in [-0.1, -0.05) is 12.1 Å². The Morgan fingerprint density at radius 1 is 0.889 bits per heavy atom. The van der Waals surface area contributed by atoms with Crippen LogP contribution >= 0.6 is 0 Å². The Hall–Kier alpha value is -2.88. The van der Waals surface area contributed by atoms with E-state index in [1.807, 2.05) is 19.3 Å². The summed E-state index contributed by atoms with van der Waals surface area (Å²) >= 11 is 0. The number of hydrogen-bond acceptors (Lipinski definition) is 4. The normalized spacial score (nSPS) is 15.3. The molecule has 0 N–H and O–H groups in total. The zero-order chi connectivity index (χ0) is 18.4. The minimum atomic E-state index is 0.508. The van der Waals surface area contributed by atoms with E-state index in [9.17, 15) is 0 Å². The number of ether oxygens (including phenoxy) is 1. The number of fused-ring (bicyclic) bond motifs is 3. The highest BCUT2D eigenvalue weighted by molar-refractivity contribution is 5.80. The minimum Gasteiger partial charge on any atom is -0.485 e. The molecule has 2 aliphatic rings. The number of aryl methyl sites for hydroxylation is 3. The molecule has 0 saturated carbocycles. The van der Waals surface area contributed by atoms with Gasteiger partial charge in [0.1, 0.15) is 12.4 Å². The van der Waals surface area contributed by atoms with Gasteiger partial charge in [0.15, 0.2) is 11.6 Å². The molecule has 1 aliphatic carbocycles. The zero-order valence-corrected chi connectivity index (χ0v) is 15.8. The first kappa shape index (κ1) is 16.3. The molecule has 2 aromatic heterocycles. The van der Waals surface area contributed by atoms with Gasteiger partial charge in [0.2, 0.25) is 0 Å². The van der Waals surface area contributed by atoms with Crippen molar-refractivity contribution in [2.75, 3.05) is 4.90 Å². The van der Waals surface area contributed by atoms with Crippen LogP contribution in [0.4, 0.5) is 17.3 Å². The lowest BCUT2D eigenvalue weighted by atomic mass is 9.90. The Morgan fingerprint density at radius 3 is 2.56 bits per heavy atom. The second kappa shape index (κ2) is 6.38. The minimum absolute atomic E-state index is 0.508. The summed E-state index contributed by atoms with van der Waals surface area (Å²) in [4.78, 5) is 11.8. The van der Waals surface area contributed by atoms with E-state index in [1.165, 1.54) is 29.7 Å². The number of pyridine rings is 2. The lowest BCUT2D eigenvalue weighted by Gasteiger charge is -2.29. The number of benzene rings is 1. The van der Waals surface area contributed by atoms with Crippen LogP contribution in [0.3, 0.4) is 0 Å². The Labute approximate surface area is 159 Å². The molecule has 1 aromatic carbocycles. The topological polar surface area (TPSA) is 38.3 Å². The van der Waals surface area contributed by atoms with E-state index in [0.717, 1.165) is 46.9 Å². The second-order valence-electron chi connectivity index (χ2n) is 7.58. The van der Waals surface area contributed by atoms with Crippen LogP contribution in [-0.2, 0) is 19.4 Å². The summed E-state index contributed by atoms with van der Waals surface area (Å²) in [5, 5.41) is 0. The van der Waals surface area contributed by atoms with Crippen molar-refractivity contribution in [3.8, 4) is 5.75 Å². The van der Waals surface area contributed by atoms with Crippen LogP contribution in [0, 0.1) is 13.8 Å². The van der Waals surface area contributed by atoms with Crippen LogP contribution < -0.4 is 9.64 Å². The van der Waals surface area contributed by atoms with Crippen LogP contribution in [0.1, 0.15) is 40.7 Å². The van der Waals surface area contributed by atoms with E-state index in [4.69, 9.17) is 14.7 Å². The van der Waals surface area contributed by atoms with Crippen molar-refractivity contribution in [2.24, 2.45) is 0 Å². The fraction of sp³-hybridized carbons (Fsp3) is 0.304. The molecule has 0 amide bonds. The summed E-state index contributed by atoms with van der Waals surface area (Å²) in [7, 11) is 0. The molecular weight excluding hydrogens is 334 g/mol. The SMILES string of the molecule is Cc1cnc2c(c1)COc1cc(C)cnc1N2c1cccc2c1CCCC2. The van der Waals surface area contributed by atoms with Gasteiger partial charge in [-0.05, 0) is 80.0 Å². The molecular formula is C23H23N3O. The Kier molecular flexibility index (Phi) is 3.85. The molecule has 3 aromatic rings. The van der Waals surface area contributed by atoms with Crippen LogP contribution in [0.25, 0.3) is 0 Å². The molecule has 0 spiro atoms. The predicted octanol–water partition coefficient (Wildman–Crippen LogP) is 5.33. The van der Waals surface area contributed by atoms with E-state index in [1.54, 1.807) is 0 Å². The average Bonchev–Trinajstić information content (AvgIpc) is 2.84. The Balaban J connectivity index is 1.78. The zero-order valence-electron chi connectivity index (χ0n) is 15.8. The number of nitrogens with zero attached hydrogens (tertiary/aromatic N) is 3. The van der Waals surface area contributed by atoms with Gasteiger partial charge in [0.25, 0.3) is 0 Å². The molecule has 0 radical (unpaired) electrons. The van der Waals surface area contributed by atoms with Crippen molar-refractivity contribution in [1.29, 1.82) is 0 Å². The maximum atomic E-state index is 6.16. The molecule has 0 atom stereocenters. The first-order valence-electron chi connectivity index (χ1n) is 9.66. The molecule has 3 heterocycles. The quantitative estimate of drug-likeness (QED) is 0.590. The van der Waals surface area contributed by atoms with Crippen molar-refractivity contribution < 1.29 is 4.74 Å². The summed E-state index contributed by atoms with van der Waals surface area (Å²) in [6.45, 7) is 4.63. The molecule has 0 bridgehead atoms. The lowest BCUT2D eigenvalue weighted by molar-refractivity contribution is 0.309. The number of aromatic nitrogens is 2. The van der Waals surface area contributed by atoms with Gasteiger partial charge in [-0.15, -0.1) is 0 Å². The van der Waals surface area contributed by atoms with Crippen LogP contribution in [-0.4, -0.2) is 9.97 Å². The van der Waals surface area contributed by atoms with Gasteiger partial charge in [-0.3, -0.25) is 4.90 Å². The summed E-state index contributed by atoms with van der Waals surface area (Å²) in [5.41, 5.74) is 7.40. The first-order valence-corrected chi connectivity index (χ1v) is 9.66. The van der Waals surface area contributed by atoms with Gasteiger partial charge < -0.3 is 4.74 Å². The number of anilines is 3. The van der Waals surface area contributed by atoms with Gasteiger partial charge in [0, 0.05) is 18.0 Å². The highest BCUT2D eigenvalue weighted by Crippen LogP contribution is 2.45.